The molecule has 2 fully saturated rings. The van der Waals surface area contributed by atoms with Gasteiger partial charge in [-0.2, -0.15) is 0 Å². The molecule has 6 heteroatoms. The van der Waals surface area contributed by atoms with Gasteiger partial charge in [-0.15, -0.1) is 0 Å². The van der Waals surface area contributed by atoms with Crippen LogP contribution in [0, 0.1) is 15.6 Å². The summed E-state index contributed by atoms with van der Waals surface area (Å²) < 4.78 is 0. The molecule has 2 rings (SSSR count). The number of hydrogen-bond acceptors (Lipinski definition) is 4. The van der Waals surface area contributed by atoms with Gasteiger partial charge in [0.1, 0.15) is 0 Å². The van der Waals surface area contributed by atoms with Gasteiger partial charge in [0.2, 0.25) is 0 Å². The molecule has 2 aliphatic rings. The van der Waals surface area contributed by atoms with Gasteiger partial charge in [0.15, 0.2) is 0 Å². The van der Waals surface area contributed by atoms with Crippen molar-refractivity contribution < 1.29 is 37.7 Å². The minimum Gasteiger partial charge on any atom is -0.340 e. The van der Waals surface area contributed by atoms with E-state index in [0.29, 0.717) is 5.41 Å². The van der Waals surface area contributed by atoms with Gasteiger partial charge in [-0.05, 0) is 28.4 Å². The first-order valence-corrected chi connectivity index (χ1v) is 7.71. The zero-order chi connectivity index (χ0) is 7.57. The average Bonchev–Trinajstić information content (AvgIpc) is 2.07. The van der Waals surface area contributed by atoms with Gasteiger partial charge in [-0.1, -0.05) is 0 Å². The Morgan fingerprint density at radius 3 is 1.31 bits per heavy atom. The Hall–Kier alpha value is 2.59. The maximum Gasteiger partial charge on any atom is 1.00 e. The van der Waals surface area contributed by atoms with E-state index in [-0.39, 0.29) is 37.7 Å². The Morgan fingerprint density at radius 1 is 0.692 bits per heavy atom. The van der Waals surface area contributed by atoms with Crippen molar-refractivity contribution in [3.63, 3.8) is 0 Å². The molecule has 2 saturated heterocycles. The summed E-state index contributed by atoms with van der Waals surface area (Å²) in [4.78, 5) is 0. The number of thioether (sulfide) groups is 4. The Morgan fingerprint density at radius 2 is 1.00 bits per heavy atom. The molecule has 2 heterocycles. The number of rotatable bonds is 0. The first-order chi connectivity index (χ1) is 5.41. The topological polar surface area (TPSA) is 0 Å². The van der Waals surface area contributed by atoms with Gasteiger partial charge in [0.25, 0.3) is 0 Å². The van der Waals surface area contributed by atoms with E-state index < -0.39 is 0 Å². The van der Waals surface area contributed by atoms with E-state index in [2.05, 4.69) is 10.2 Å². The van der Waals surface area contributed by atoms with Crippen molar-refractivity contribution in [3.8, 4) is 0 Å². The monoisotopic (exact) mass is 236 g/mol. The van der Waals surface area contributed by atoms with Crippen LogP contribution in [-0.4, -0.2) is 23.0 Å². The van der Waals surface area contributed by atoms with E-state index in [9.17, 15) is 0 Å². The molecule has 0 nitrogen and oxygen atoms in total. The molecule has 0 aliphatic carbocycles. The molecule has 0 N–H and O–H groups in total. The molecule has 0 atom stereocenters. The zero-order valence-electron chi connectivity index (χ0n) is 8.12. The second-order valence-electron chi connectivity index (χ2n) is 2.94. The Kier molecular flexibility index (Phi) is 9.36. The van der Waals surface area contributed by atoms with E-state index >= 15 is 0 Å². The van der Waals surface area contributed by atoms with Gasteiger partial charge in [-0.3, -0.25) is 0 Å². The molecule has 0 aromatic rings. The fourth-order valence-electron chi connectivity index (χ4n) is 1.19. The second-order valence-corrected chi connectivity index (χ2v) is 6.96. The fraction of sp³-hybridized carbons (Fsp3) is 0.714. The van der Waals surface area contributed by atoms with Gasteiger partial charge in [0.05, 0.1) is 0 Å². The smallest absolute Gasteiger partial charge is 0.340 e. The third-order valence-corrected chi connectivity index (χ3v) is 7.12. The maximum absolute atomic E-state index is 2.29. The van der Waals surface area contributed by atoms with Crippen molar-refractivity contribution in [2.45, 2.75) is 0 Å². The van der Waals surface area contributed by atoms with Crippen LogP contribution in [0.5, 0.6) is 0 Å². The molecule has 2 aliphatic heterocycles. The first-order valence-electron chi connectivity index (χ1n) is 3.51. The second kappa shape index (κ2) is 7.80. The van der Waals surface area contributed by atoms with E-state index in [1.807, 2.05) is 47.0 Å². The molecule has 0 saturated carbocycles. The van der Waals surface area contributed by atoms with Crippen molar-refractivity contribution in [2.24, 2.45) is 5.41 Å². The van der Waals surface area contributed by atoms with Crippen LogP contribution in [0.25, 0.3) is 0 Å². The predicted octanol–water partition coefficient (Wildman–Crippen LogP) is -2.82. The summed E-state index contributed by atoms with van der Waals surface area (Å²) in [5, 5.41) is 4.58. The summed E-state index contributed by atoms with van der Waals surface area (Å²) in [5.74, 6) is 5.36. The van der Waals surface area contributed by atoms with Gasteiger partial charge >= 0.3 is 37.7 Å². The Labute approximate surface area is 122 Å². The molecular weight excluding hydrogens is 226 g/mol. The normalized spacial score (nSPS) is 25.8. The summed E-state index contributed by atoms with van der Waals surface area (Å²) in [5.41, 5.74) is 0.647. The molecule has 1 spiro atoms. The van der Waals surface area contributed by atoms with Crippen molar-refractivity contribution in [1.82, 2.24) is 0 Å². The van der Waals surface area contributed by atoms with E-state index in [1.54, 1.807) is 0 Å². The van der Waals surface area contributed by atoms with Gasteiger partial charge in [0, 0.05) is 0 Å². The minimum absolute atomic E-state index is 0. The Balaban J connectivity index is 0.000000720. The van der Waals surface area contributed by atoms with Crippen LogP contribution in [0.4, 0.5) is 0 Å². The summed E-state index contributed by atoms with van der Waals surface area (Å²) >= 11 is 7.99. The van der Waals surface area contributed by atoms with Crippen LogP contribution in [0.2, 0.25) is 0 Å². The standard InChI is InChI=1S/C7H10S4.2Li/c1-7(2-9-5-8-1)3-10-6-11-4-7;;/h5-6H,1-4H2;;/q-2;2*+1. The molecule has 0 radical (unpaired) electrons. The van der Waals surface area contributed by atoms with Crippen LogP contribution < -0.4 is 37.7 Å². The molecular formula is C7H10Li2S4. The summed E-state index contributed by atoms with van der Waals surface area (Å²) in [6.07, 6.45) is 0. The van der Waals surface area contributed by atoms with Crippen molar-refractivity contribution in [3.05, 3.63) is 10.2 Å². The van der Waals surface area contributed by atoms with Crippen LogP contribution in [-0.2, 0) is 0 Å². The van der Waals surface area contributed by atoms with E-state index in [0.717, 1.165) is 0 Å². The van der Waals surface area contributed by atoms with Crippen molar-refractivity contribution >= 4 is 47.0 Å². The van der Waals surface area contributed by atoms with Gasteiger partial charge in [-0.25, -0.2) is 10.2 Å². The van der Waals surface area contributed by atoms with Crippen LogP contribution >= 0.6 is 47.0 Å². The van der Waals surface area contributed by atoms with Crippen molar-refractivity contribution in [1.29, 1.82) is 0 Å². The summed E-state index contributed by atoms with van der Waals surface area (Å²) in [7, 11) is 0. The molecule has 0 amide bonds. The quantitative estimate of drug-likeness (QED) is 0.328. The Bertz CT molecular complexity index is 113. The third-order valence-electron chi connectivity index (χ3n) is 1.83. The first kappa shape index (κ1) is 15.6. The molecule has 13 heavy (non-hydrogen) atoms. The summed E-state index contributed by atoms with van der Waals surface area (Å²) in [6.45, 7) is 0. The average molecular weight is 236 g/mol. The predicted molar refractivity (Wildman–Crippen MR) is 60.9 cm³/mol. The van der Waals surface area contributed by atoms with Crippen molar-refractivity contribution in [2.75, 3.05) is 23.0 Å². The minimum atomic E-state index is 0. The van der Waals surface area contributed by atoms with Crippen LogP contribution in [0.15, 0.2) is 0 Å². The molecule has 64 valence electrons. The maximum atomic E-state index is 2.29. The van der Waals surface area contributed by atoms with Crippen LogP contribution in [0.1, 0.15) is 0 Å². The molecule has 0 aromatic carbocycles. The SMILES string of the molecule is [CH-]1SCC2(CS1)CS[CH-]SC2.[Li+].[Li+]. The zero-order valence-corrected chi connectivity index (χ0v) is 11.4. The number of hydrogen-bond donors (Lipinski definition) is 0. The van der Waals surface area contributed by atoms with E-state index in [4.69, 9.17) is 0 Å². The molecule has 0 bridgehead atoms. The van der Waals surface area contributed by atoms with Gasteiger partial charge < -0.3 is 47.0 Å². The third kappa shape index (κ3) is 4.53. The van der Waals surface area contributed by atoms with E-state index in [1.165, 1.54) is 23.0 Å². The fourth-order valence-corrected chi connectivity index (χ4v) is 6.46. The summed E-state index contributed by atoms with van der Waals surface area (Å²) in [6, 6.07) is 0. The largest absolute Gasteiger partial charge is 1.00 e. The van der Waals surface area contributed by atoms with Crippen LogP contribution in [0.3, 0.4) is 0 Å². The molecule has 0 aromatic heterocycles. The molecule has 0 unspecified atom stereocenters.